The third-order valence-corrected chi connectivity index (χ3v) is 6.25. The summed E-state index contributed by atoms with van der Waals surface area (Å²) in [7, 11) is 0. The molecule has 5 heteroatoms. The van der Waals surface area contributed by atoms with E-state index in [9.17, 15) is 4.79 Å². The minimum atomic E-state index is 0.0819. The second-order valence-corrected chi connectivity index (χ2v) is 7.45. The molecule has 2 aromatic rings. The summed E-state index contributed by atoms with van der Waals surface area (Å²) in [6.07, 6.45) is 2.18. The number of H-pyrrole nitrogens is 1. The number of aromatic nitrogens is 2. The van der Waals surface area contributed by atoms with Crippen molar-refractivity contribution in [2.45, 2.75) is 31.4 Å². The van der Waals surface area contributed by atoms with E-state index in [0.29, 0.717) is 11.8 Å². The summed E-state index contributed by atoms with van der Waals surface area (Å²) in [4.78, 5) is 22.3. The number of nitrogens with one attached hydrogen (secondary N) is 1. The number of aryl methyl sites for hydroxylation is 1. The van der Waals surface area contributed by atoms with Crippen molar-refractivity contribution in [1.82, 2.24) is 9.97 Å². The molecule has 0 bridgehead atoms. The summed E-state index contributed by atoms with van der Waals surface area (Å²) in [5, 5.41) is 0.868. The van der Waals surface area contributed by atoms with Gasteiger partial charge in [0.15, 0.2) is 0 Å². The molecule has 1 N–H and O–H groups in total. The molecule has 3 nitrogen and oxygen atoms in total. The molecule has 2 aliphatic rings. The van der Waals surface area contributed by atoms with Gasteiger partial charge in [-0.05, 0) is 30.1 Å². The van der Waals surface area contributed by atoms with Crippen LogP contribution in [0.15, 0.2) is 4.79 Å². The lowest BCUT2D eigenvalue weighted by molar-refractivity contribution is 0.845. The highest BCUT2D eigenvalue weighted by molar-refractivity contribution is 7.98. The molecule has 0 amide bonds. The van der Waals surface area contributed by atoms with E-state index < -0.39 is 0 Å². The first kappa shape index (κ1) is 11.1. The van der Waals surface area contributed by atoms with Crippen LogP contribution in [0.4, 0.5) is 0 Å². The molecule has 2 aromatic heterocycles. The SMILES string of the molecule is C[C@H]1C[C@H]1c1nc2sc3c(c2c(=O)[nH]1)CCSC3. The molecule has 18 heavy (non-hydrogen) atoms. The van der Waals surface area contributed by atoms with E-state index in [-0.39, 0.29) is 5.56 Å². The van der Waals surface area contributed by atoms with Gasteiger partial charge in [-0.3, -0.25) is 4.79 Å². The third kappa shape index (κ3) is 1.57. The van der Waals surface area contributed by atoms with Crippen LogP contribution in [0.5, 0.6) is 0 Å². The smallest absolute Gasteiger partial charge is 0.259 e. The van der Waals surface area contributed by atoms with Crippen molar-refractivity contribution in [3.63, 3.8) is 0 Å². The van der Waals surface area contributed by atoms with Gasteiger partial charge in [-0.2, -0.15) is 11.8 Å². The van der Waals surface area contributed by atoms with Crippen molar-refractivity contribution >= 4 is 33.3 Å². The van der Waals surface area contributed by atoms with Gasteiger partial charge in [-0.1, -0.05) is 6.92 Å². The molecule has 1 fully saturated rings. The number of fused-ring (bicyclic) bond motifs is 3. The first-order valence-electron chi connectivity index (χ1n) is 6.36. The van der Waals surface area contributed by atoms with Crippen LogP contribution in [0.3, 0.4) is 0 Å². The molecule has 2 atom stereocenters. The van der Waals surface area contributed by atoms with Crippen LogP contribution in [-0.2, 0) is 12.2 Å². The second-order valence-electron chi connectivity index (χ2n) is 5.26. The first-order valence-corrected chi connectivity index (χ1v) is 8.33. The van der Waals surface area contributed by atoms with E-state index in [0.717, 1.165) is 40.4 Å². The highest BCUT2D eigenvalue weighted by atomic mass is 32.2. The topological polar surface area (TPSA) is 45.8 Å². The fraction of sp³-hybridized carbons (Fsp3) is 0.538. The molecule has 0 radical (unpaired) electrons. The van der Waals surface area contributed by atoms with Gasteiger partial charge in [0.05, 0.1) is 5.39 Å². The van der Waals surface area contributed by atoms with Gasteiger partial charge >= 0.3 is 0 Å². The van der Waals surface area contributed by atoms with E-state index in [1.165, 1.54) is 10.4 Å². The van der Waals surface area contributed by atoms with Gasteiger partial charge in [-0.15, -0.1) is 11.3 Å². The van der Waals surface area contributed by atoms with Crippen LogP contribution in [-0.4, -0.2) is 15.7 Å². The van der Waals surface area contributed by atoms with Crippen molar-refractivity contribution in [2.75, 3.05) is 5.75 Å². The first-order chi connectivity index (χ1) is 8.74. The second kappa shape index (κ2) is 3.84. The molecular weight excluding hydrogens is 264 g/mol. The maximum absolute atomic E-state index is 12.3. The number of aromatic amines is 1. The molecule has 0 aromatic carbocycles. The fourth-order valence-electron chi connectivity index (χ4n) is 2.73. The Labute approximate surface area is 113 Å². The summed E-state index contributed by atoms with van der Waals surface area (Å²) in [5.41, 5.74) is 1.34. The van der Waals surface area contributed by atoms with Crippen LogP contribution >= 0.6 is 23.1 Å². The Morgan fingerprint density at radius 1 is 1.44 bits per heavy atom. The van der Waals surface area contributed by atoms with Gasteiger partial charge < -0.3 is 4.98 Å². The molecule has 94 valence electrons. The number of thiophene rings is 1. The lowest BCUT2D eigenvalue weighted by Crippen LogP contribution is -2.12. The number of nitrogens with zero attached hydrogens (tertiary/aromatic N) is 1. The van der Waals surface area contributed by atoms with E-state index in [1.807, 2.05) is 11.8 Å². The zero-order valence-electron chi connectivity index (χ0n) is 10.2. The highest BCUT2D eigenvalue weighted by Gasteiger charge is 2.36. The van der Waals surface area contributed by atoms with Crippen molar-refractivity contribution in [2.24, 2.45) is 5.92 Å². The molecule has 3 heterocycles. The number of thioether (sulfide) groups is 1. The molecule has 4 rings (SSSR count). The Morgan fingerprint density at radius 3 is 3.06 bits per heavy atom. The molecule has 0 unspecified atom stereocenters. The predicted molar refractivity (Wildman–Crippen MR) is 76.6 cm³/mol. The van der Waals surface area contributed by atoms with Crippen LogP contribution in [0.25, 0.3) is 10.2 Å². The van der Waals surface area contributed by atoms with Gasteiger partial charge in [0.25, 0.3) is 5.56 Å². The van der Waals surface area contributed by atoms with Crippen molar-refractivity contribution < 1.29 is 0 Å². The van der Waals surface area contributed by atoms with Gasteiger partial charge in [-0.25, -0.2) is 4.98 Å². The monoisotopic (exact) mass is 278 g/mol. The minimum Gasteiger partial charge on any atom is -0.310 e. The Kier molecular flexibility index (Phi) is 2.36. The summed E-state index contributed by atoms with van der Waals surface area (Å²) >= 11 is 3.67. The lowest BCUT2D eigenvalue weighted by atomic mass is 10.1. The molecule has 1 aliphatic carbocycles. The zero-order valence-corrected chi connectivity index (χ0v) is 11.8. The average Bonchev–Trinajstić information content (AvgIpc) is 2.97. The van der Waals surface area contributed by atoms with Crippen LogP contribution in [0.1, 0.15) is 35.5 Å². The maximum atomic E-state index is 12.3. The van der Waals surface area contributed by atoms with Crippen molar-refractivity contribution in [3.05, 3.63) is 26.6 Å². The Bertz CT molecular complexity index is 688. The van der Waals surface area contributed by atoms with E-state index in [4.69, 9.17) is 4.98 Å². The molecule has 1 aliphatic heterocycles. The summed E-state index contributed by atoms with van der Waals surface area (Å²) < 4.78 is 0. The fourth-order valence-corrected chi connectivity index (χ4v) is 5.09. The van der Waals surface area contributed by atoms with Crippen LogP contribution < -0.4 is 5.56 Å². The van der Waals surface area contributed by atoms with Gasteiger partial charge in [0, 0.05) is 16.5 Å². The lowest BCUT2D eigenvalue weighted by Gasteiger charge is -2.09. The van der Waals surface area contributed by atoms with E-state index in [2.05, 4.69) is 11.9 Å². The summed E-state index contributed by atoms with van der Waals surface area (Å²) in [5.74, 6) is 4.24. The van der Waals surface area contributed by atoms with Gasteiger partial charge in [0.1, 0.15) is 10.7 Å². The summed E-state index contributed by atoms with van der Waals surface area (Å²) in [6.45, 7) is 2.21. The largest absolute Gasteiger partial charge is 0.310 e. The van der Waals surface area contributed by atoms with E-state index in [1.54, 1.807) is 11.3 Å². The predicted octanol–water partition coefficient (Wildman–Crippen LogP) is 2.90. The van der Waals surface area contributed by atoms with Crippen molar-refractivity contribution in [1.29, 1.82) is 0 Å². The molecule has 1 saturated carbocycles. The minimum absolute atomic E-state index is 0.0819. The Hall–Kier alpha value is -0.810. The normalized spacial score (nSPS) is 26.3. The zero-order chi connectivity index (χ0) is 12.3. The van der Waals surface area contributed by atoms with Crippen molar-refractivity contribution in [3.8, 4) is 0 Å². The molecule has 0 saturated heterocycles. The maximum Gasteiger partial charge on any atom is 0.259 e. The third-order valence-electron chi connectivity index (χ3n) is 3.95. The van der Waals surface area contributed by atoms with Gasteiger partial charge in [0.2, 0.25) is 0 Å². The van der Waals surface area contributed by atoms with E-state index >= 15 is 0 Å². The van der Waals surface area contributed by atoms with Crippen LogP contribution in [0.2, 0.25) is 0 Å². The highest BCUT2D eigenvalue weighted by Crippen LogP contribution is 2.45. The number of rotatable bonds is 1. The Morgan fingerprint density at radius 2 is 2.28 bits per heavy atom. The standard InChI is InChI=1S/C13H14N2OS2/c1-6-4-8(6)11-14-12(16)10-7-2-3-17-5-9(7)18-13(10)15-11/h6,8H,2-5H2,1H3,(H,14,15,16)/t6-,8+/m0/s1. The quantitative estimate of drug-likeness (QED) is 0.872. The Balaban J connectivity index is 1.94. The number of hydrogen-bond acceptors (Lipinski definition) is 4. The summed E-state index contributed by atoms with van der Waals surface area (Å²) in [6, 6.07) is 0. The van der Waals surface area contributed by atoms with Crippen LogP contribution in [0, 0.1) is 5.92 Å². The molecular formula is C13H14N2OS2. The average molecular weight is 278 g/mol. The number of hydrogen-bond donors (Lipinski definition) is 1. The molecule has 0 spiro atoms.